The molecule has 1 aromatic rings. The van der Waals surface area contributed by atoms with Crippen LogP contribution in [0.25, 0.3) is 0 Å². The molecular weight excluding hydrogens is 290 g/mol. The number of amides is 1. The number of hydrogen-bond donors (Lipinski definition) is 2. The van der Waals surface area contributed by atoms with Gasteiger partial charge in [-0.25, -0.2) is 8.42 Å². The average Bonchev–Trinajstić information content (AvgIpc) is 2.50. The summed E-state index contributed by atoms with van der Waals surface area (Å²) in [7, 11) is -3.57. The van der Waals surface area contributed by atoms with Gasteiger partial charge in [0.15, 0.2) is 9.84 Å². The number of hydrogen-bond acceptors (Lipinski definition) is 4. The van der Waals surface area contributed by atoms with Gasteiger partial charge in [-0.15, -0.1) is 0 Å². The largest absolute Gasteiger partial charge is 0.396 e. The molecular formula is C15H21NO4S. The van der Waals surface area contributed by atoms with Gasteiger partial charge < -0.3 is 10.4 Å². The number of benzene rings is 1. The van der Waals surface area contributed by atoms with Crippen molar-refractivity contribution in [1.82, 2.24) is 5.32 Å². The molecule has 0 heterocycles. The fourth-order valence-electron chi connectivity index (χ4n) is 1.70. The monoisotopic (exact) mass is 311 g/mol. The van der Waals surface area contributed by atoms with Gasteiger partial charge in [0, 0.05) is 24.6 Å². The van der Waals surface area contributed by atoms with Crippen LogP contribution < -0.4 is 5.32 Å². The van der Waals surface area contributed by atoms with E-state index >= 15 is 0 Å². The van der Waals surface area contributed by atoms with Crippen molar-refractivity contribution in [2.75, 3.05) is 13.2 Å². The molecule has 6 heteroatoms. The Hall–Kier alpha value is -1.66. The van der Waals surface area contributed by atoms with E-state index in [1.807, 2.05) is 0 Å². The summed E-state index contributed by atoms with van der Waals surface area (Å²) < 4.78 is 23.8. The first kappa shape index (κ1) is 17.4. The van der Waals surface area contributed by atoms with Crippen LogP contribution in [0.5, 0.6) is 0 Å². The van der Waals surface area contributed by atoms with E-state index in [2.05, 4.69) is 5.32 Å². The molecule has 0 aliphatic carbocycles. The summed E-state index contributed by atoms with van der Waals surface area (Å²) in [5, 5.41) is 12.2. The molecule has 2 N–H and O–H groups in total. The molecule has 0 saturated carbocycles. The number of carbonyl (C=O) groups is 1. The van der Waals surface area contributed by atoms with Crippen molar-refractivity contribution in [2.24, 2.45) is 0 Å². The lowest BCUT2D eigenvalue weighted by atomic mass is 10.2. The first-order chi connectivity index (χ1) is 10.1. The van der Waals surface area contributed by atoms with E-state index in [1.165, 1.54) is 12.1 Å². The number of aliphatic hydroxyl groups excluding tert-OH is 1. The molecule has 1 aromatic carbocycles. The van der Waals surface area contributed by atoms with Gasteiger partial charge in [0.25, 0.3) is 0 Å². The molecule has 0 fully saturated rings. The third kappa shape index (κ3) is 7.06. The maximum atomic E-state index is 11.9. The second-order valence-corrected chi connectivity index (χ2v) is 6.42. The molecule has 116 valence electrons. The van der Waals surface area contributed by atoms with Crippen molar-refractivity contribution in [3.8, 4) is 0 Å². The molecule has 0 bridgehead atoms. The zero-order valence-corrected chi connectivity index (χ0v) is 12.7. The van der Waals surface area contributed by atoms with Gasteiger partial charge in [0.05, 0.1) is 4.90 Å². The predicted molar refractivity (Wildman–Crippen MR) is 81.3 cm³/mol. The molecule has 21 heavy (non-hydrogen) atoms. The van der Waals surface area contributed by atoms with E-state index < -0.39 is 15.7 Å². The van der Waals surface area contributed by atoms with Gasteiger partial charge in [-0.3, -0.25) is 4.79 Å². The normalized spacial score (nSPS) is 11.7. The van der Waals surface area contributed by atoms with Gasteiger partial charge >= 0.3 is 0 Å². The van der Waals surface area contributed by atoms with Gasteiger partial charge in [-0.2, -0.15) is 0 Å². The fraction of sp³-hybridized carbons (Fsp3) is 0.400. The quantitative estimate of drug-likeness (QED) is 0.536. The number of unbranched alkanes of at least 4 members (excludes halogenated alkanes) is 3. The molecule has 0 aliphatic rings. The molecule has 1 rings (SSSR count). The highest BCUT2D eigenvalue weighted by molar-refractivity contribution is 7.94. The van der Waals surface area contributed by atoms with E-state index in [4.69, 9.17) is 5.11 Å². The van der Waals surface area contributed by atoms with Crippen LogP contribution in [0, 0.1) is 0 Å². The SMILES string of the molecule is O=C(/C=C/S(=O)(=O)c1ccccc1)NCCCCCCO. The second kappa shape index (κ2) is 9.31. The van der Waals surface area contributed by atoms with Crippen molar-refractivity contribution in [2.45, 2.75) is 30.6 Å². The molecule has 0 aromatic heterocycles. The van der Waals surface area contributed by atoms with Crippen molar-refractivity contribution >= 4 is 15.7 Å². The Morgan fingerprint density at radius 2 is 1.76 bits per heavy atom. The summed E-state index contributed by atoms with van der Waals surface area (Å²) in [5.41, 5.74) is 0. The third-order valence-corrected chi connectivity index (χ3v) is 4.28. The molecule has 0 aliphatic heterocycles. The number of aliphatic hydroxyl groups is 1. The van der Waals surface area contributed by atoms with Crippen LogP contribution in [-0.2, 0) is 14.6 Å². The van der Waals surface area contributed by atoms with Crippen molar-refractivity contribution in [3.63, 3.8) is 0 Å². The van der Waals surface area contributed by atoms with E-state index in [9.17, 15) is 13.2 Å². The molecule has 5 nitrogen and oxygen atoms in total. The van der Waals surface area contributed by atoms with E-state index in [1.54, 1.807) is 18.2 Å². The Morgan fingerprint density at radius 1 is 1.10 bits per heavy atom. The second-order valence-electron chi connectivity index (χ2n) is 4.59. The zero-order chi connectivity index (χ0) is 15.6. The van der Waals surface area contributed by atoms with Crippen molar-refractivity contribution in [1.29, 1.82) is 0 Å². The number of nitrogens with one attached hydrogen (secondary N) is 1. The average molecular weight is 311 g/mol. The Bertz CT molecular complexity index is 552. The molecule has 0 spiro atoms. The first-order valence-electron chi connectivity index (χ1n) is 6.93. The van der Waals surface area contributed by atoms with Crippen LogP contribution in [0.3, 0.4) is 0 Å². The zero-order valence-electron chi connectivity index (χ0n) is 11.9. The Morgan fingerprint density at radius 3 is 2.43 bits per heavy atom. The molecule has 0 atom stereocenters. The molecule has 0 radical (unpaired) electrons. The van der Waals surface area contributed by atoms with Crippen molar-refractivity contribution in [3.05, 3.63) is 41.8 Å². The summed E-state index contributed by atoms with van der Waals surface area (Å²) in [5.74, 6) is -0.420. The first-order valence-corrected chi connectivity index (χ1v) is 8.48. The Kier molecular flexibility index (Phi) is 7.71. The summed E-state index contributed by atoms with van der Waals surface area (Å²) in [6, 6.07) is 7.96. The molecule has 1 amide bonds. The van der Waals surface area contributed by atoms with Gasteiger partial charge in [-0.1, -0.05) is 31.0 Å². The maximum absolute atomic E-state index is 11.9. The van der Waals surface area contributed by atoms with Crippen molar-refractivity contribution < 1.29 is 18.3 Å². The highest BCUT2D eigenvalue weighted by atomic mass is 32.2. The minimum Gasteiger partial charge on any atom is -0.396 e. The summed E-state index contributed by atoms with van der Waals surface area (Å²) in [4.78, 5) is 11.7. The van der Waals surface area contributed by atoms with Crippen LogP contribution in [0.1, 0.15) is 25.7 Å². The van der Waals surface area contributed by atoms with Crippen LogP contribution >= 0.6 is 0 Å². The van der Waals surface area contributed by atoms with Gasteiger partial charge in [-0.05, 0) is 25.0 Å². The Balaban J connectivity index is 2.37. The van der Waals surface area contributed by atoms with Gasteiger partial charge in [0.1, 0.15) is 0 Å². The minimum atomic E-state index is -3.57. The molecule has 0 saturated heterocycles. The fourth-order valence-corrected chi connectivity index (χ4v) is 2.70. The van der Waals surface area contributed by atoms with E-state index in [0.29, 0.717) is 6.54 Å². The summed E-state index contributed by atoms with van der Waals surface area (Å²) in [6.07, 6.45) is 4.46. The number of carbonyl (C=O) groups excluding carboxylic acids is 1. The smallest absolute Gasteiger partial charge is 0.244 e. The number of rotatable bonds is 9. The van der Waals surface area contributed by atoms with Crippen LogP contribution in [0.15, 0.2) is 46.7 Å². The van der Waals surface area contributed by atoms with Crippen LogP contribution in [0.2, 0.25) is 0 Å². The van der Waals surface area contributed by atoms with Crippen LogP contribution in [-0.4, -0.2) is 32.6 Å². The highest BCUT2D eigenvalue weighted by Crippen LogP contribution is 2.10. The highest BCUT2D eigenvalue weighted by Gasteiger charge is 2.09. The lowest BCUT2D eigenvalue weighted by molar-refractivity contribution is -0.116. The summed E-state index contributed by atoms with van der Waals surface area (Å²) in [6.45, 7) is 0.687. The van der Waals surface area contributed by atoms with Crippen LogP contribution in [0.4, 0.5) is 0 Å². The van der Waals surface area contributed by atoms with E-state index in [-0.39, 0.29) is 11.5 Å². The number of sulfone groups is 1. The predicted octanol–water partition coefficient (Wildman–Crippen LogP) is 1.64. The van der Waals surface area contributed by atoms with E-state index in [0.717, 1.165) is 37.2 Å². The summed E-state index contributed by atoms with van der Waals surface area (Å²) >= 11 is 0. The minimum absolute atomic E-state index is 0.165. The topological polar surface area (TPSA) is 83.5 Å². The Labute approximate surface area is 125 Å². The molecule has 0 unspecified atom stereocenters. The lowest BCUT2D eigenvalue weighted by Gasteiger charge is -2.02. The maximum Gasteiger partial charge on any atom is 0.244 e. The lowest BCUT2D eigenvalue weighted by Crippen LogP contribution is -2.22. The standard InChI is InChI=1S/C15H21NO4S/c17-12-7-2-1-6-11-16-15(18)10-13-21(19,20)14-8-4-3-5-9-14/h3-5,8-10,13,17H,1-2,6-7,11-12H2,(H,16,18)/b13-10+. The van der Waals surface area contributed by atoms with Gasteiger partial charge in [0.2, 0.25) is 5.91 Å². The third-order valence-electron chi connectivity index (χ3n) is 2.85.